The number of rotatable bonds is 7. The molecule has 21 heavy (non-hydrogen) atoms. The van der Waals surface area contributed by atoms with Crippen LogP contribution in [-0.4, -0.2) is 42.7 Å². The van der Waals surface area contributed by atoms with Gasteiger partial charge in [0.05, 0.1) is 5.60 Å². The van der Waals surface area contributed by atoms with Gasteiger partial charge in [0.25, 0.3) is 0 Å². The number of aliphatic hydroxyl groups is 1. The first-order chi connectivity index (χ1) is 10.1. The Morgan fingerprint density at radius 2 is 2.10 bits per heavy atom. The predicted octanol–water partition coefficient (Wildman–Crippen LogP) is 2.61. The van der Waals surface area contributed by atoms with Crippen molar-refractivity contribution in [3.05, 3.63) is 35.9 Å². The Bertz CT molecular complexity index is 399. The van der Waals surface area contributed by atoms with E-state index in [0.717, 1.165) is 44.1 Å². The van der Waals surface area contributed by atoms with Crippen LogP contribution >= 0.6 is 0 Å². The molecule has 1 heterocycles. The van der Waals surface area contributed by atoms with Crippen LogP contribution in [0.3, 0.4) is 0 Å². The van der Waals surface area contributed by atoms with Crippen molar-refractivity contribution in [1.29, 1.82) is 0 Å². The van der Waals surface area contributed by atoms with Gasteiger partial charge in [-0.15, -0.1) is 0 Å². The van der Waals surface area contributed by atoms with Crippen molar-refractivity contribution in [2.24, 2.45) is 5.92 Å². The number of piperidine rings is 1. The van der Waals surface area contributed by atoms with Crippen LogP contribution in [0.2, 0.25) is 0 Å². The van der Waals surface area contributed by atoms with Crippen LogP contribution in [0.15, 0.2) is 30.3 Å². The van der Waals surface area contributed by atoms with Gasteiger partial charge in [0.15, 0.2) is 0 Å². The quantitative estimate of drug-likeness (QED) is 0.810. The van der Waals surface area contributed by atoms with E-state index in [2.05, 4.69) is 17.1 Å². The standard InChI is InChI=1S/C18H30N2O/c1-3-12-20(14-16-8-7-11-19-13-16)15-18(2,21)17-9-5-4-6-10-17/h4-6,9-10,16,19,21H,3,7-8,11-15H2,1-2H3. The normalized spacial score (nSPS) is 22.2. The van der Waals surface area contributed by atoms with Crippen LogP contribution in [-0.2, 0) is 5.60 Å². The van der Waals surface area contributed by atoms with E-state index < -0.39 is 5.60 Å². The Labute approximate surface area is 129 Å². The highest BCUT2D eigenvalue weighted by Gasteiger charge is 2.27. The number of hydrogen-bond acceptors (Lipinski definition) is 3. The third kappa shape index (κ3) is 5.10. The van der Waals surface area contributed by atoms with Gasteiger partial charge in [-0.05, 0) is 57.3 Å². The van der Waals surface area contributed by atoms with Crippen LogP contribution in [0, 0.1) is 5.92 Å². The maximum atomic E-state index is 10.9. The molecule has 0 bridgehead atoms. The Kier molecular flexibility index (Phi) is 6.22. The summed E-state index contributed by atoms with van der Waals surface area (Å²) in [6, 6.07) is 10.0. The van der Waals surface area contributed by atoms with E-state index in [4.69, 9.17) is 0 Å². The minimum Gasteiger partial charge on any atom is -0.384 e. The van der Waals surface area contributed by atoms with E-state index in [1.165, 1.54) is 12.8 Å². The lowest BCUT2D eigenvalue weighted by atomic mass is 9.93. The molecular weight excluding hydrogens is 260 g/mol. The van der Waals surface area contributed by atoms with Crippen molar-refractivity contribution in [1.82, 2.24) is 10.2 Å². The van der Waals surface area contributed by atoms with Crippen molar-refractivity contribution in [3.63, 3.8) is 0 Å². The Hall–Kier alpha value is -0.900. The van der Waals surface area contributed by atoms with Crippen molar-refractivity contribution in [3.8, 4) is 0 Å². The predicted molar refractivity (Wildman–Crippen MR) is 88.3 cm³/mol. The second-order valence-corrected chi connectivity index (χ2v) is 6.59. The first kappa shape index (κ1) is 16.5. The number of nitrogens with zero attached hydrogens (tertiary/aromatic N) is 1. The van der Waals surface area contributed by atoms with Gasteiger partial charge in [0, 0.05) is 13.1 Å². The van der Waals surface area contributed by atoms with Crippen LogP contribution in [0.1, 0.15) is 38.7 Å². The van der Waals surface area contributed by atoms with Crippen LogP contribution < -0.4 is 5.32 Å². The van der Waals surface area contributed by atoms with E-state index in [0.29, 0.717) is 6.54 Å². The fourth-order valence-electron chi connectivity index (χ4n) is 3.32. The summed E-state index contributed by atoms with van der Waals surface area (Å²) < 4.78 is 0. The maximum absolute atomic E-state index is 10.9. The minimum absolute atomic E-state index is 0.710. The molecule has 3 nitrogen and oxygen atoms in total. The van der Waals surface area contributed by atoms with Gasteiger partial charge in [-0.2, -0.15) is 0 Å². The third-order valence-electron chi connectivity index (χ3n) is 4.38. The molecule has 3 heteroatoms. The zero-order valence-electron chi connectivity index (χ0n) is 13.5. The molecule has 2 unspecified atom stereocenters. The van der Waals surface area contributed by atoms with Crippen molar-refractivity contribution in [2.45, 2.75) is 38.7 Å². The molecule has 2 atom stereocenters. The molecule has 1 aromatic carbocycles. The van der Waals surface area contributed by atoms with E-state index in [1.54, 1.807) is 0 Å². The highest BCUT2D eigenvalue weighted by Crippen LogP contribution is 2.23. The average molecular weight is 290 g/mol. The summed E-state index contributed by atoms with van der Waals surface area (Å²) in [4.78, 5) is 2.44. The largest absolute Gasteiger partial charge is 0.384 e. The van der Waals surface area contributed by atoms with Gasteiger partial charge in [-0.3, -0.25) is 4.90 Å². The number of nitrogens with one attached hydrogen (secondary N) is 1. The summed E-state index contributed by atoms with van der Waals surface area (Å²) in [5.74, 6) is 0.719. The van der Waals surface area contributed by atoms with E-state index >= 15 is 0 Å². The maximum Gasteiger partial charge on any atom is 0.0994 e. The molecule has 0 saturated carbocycles. The van der Waals surface area contributed by atoms with Gasteiger partial charge >= 0.3 is 0 Å². The first-order valence-electron chi connectivity index (χ1n) is 8.33. The molecule has 1 saturated heterocycles. The average Bonchev–Trinajstić information content (AvgIpc) is 2.49. The highest BCUT2D eigenvalue weighted by molar-refractivity contribution is 5.21. The van der Waals surface area contributed by atoms with Crippen LogP contribution in [0.25, 0.3) is 0 Å². The van der Waals surface area contributed by atoms with Crippen molar-refractivity contribution in [2.75, 3.05) is 32.7 Å². The third-order valence-corrected chi connectivity index (χ3v) is 4.38. The van der Waals surface area contributed by atoms with Gasteiger partial charge < -0.3 is 10.4 Å². The fraction of sp³-hybridized carbons (Fsp3) is 0.667. The second kappa shape index (κ2) is 7.92. The van der Waals surface area contributed by atoms with Gasteiger partial charge in [0.2, 0.25) is 0 Å². The van der Waals surface area contributed by atoms with Gasteiger partial charge in [-0.25, -0.2) is 0 Å². The van der Waals surface area contributed by atoms with E-state index in [9.17, 15) is 5.11 Å². The zero-order valence-corrected chi connectivity index (χ0v) is 13.5. The fourth-order valence-corrected chi connectivity index (χ4v) is 3.32. The summed E-state index contributed by atoms with van der Waals surface area (Å²) >= 11 is 0. The lowest BCUT2D eigenvalue weighted by molar-refractivity contribution is 0.0102. The smallest absolute Gasteiger partial charge is 0.0994 e. The van der Waals surface area contributed by atoms with E-state index in [-0.39, 0.29) is 0 Å². The van der Waals surface area contributed by atoms with Crippen molar-refractivity contribution >= 4 is 0 Å². The molecule has 1 aliphatic rings. The SMILES string of the molecule is CCCN(CC1CCCNC1)CC(C)(O)c1ccccc1. The molecule has 0 spiro atoms. The topological polar surface area (TPSA) is 35.5 Å². The summed E-state index contributed by atoms with van der Waals surface area (Å²) in [5.41, 5.74) is 0.228. The van der Waals surface area contributed by atoms with Gasteiger partial charge in [-0.1, -0.05) is 37.3 Å². The van der Waals surface area contributed by atoms with E-state index in [1.807, 2.05) is 37.3 Å². The molecule has 2 rings (SSSR count). The Balaban J connectivity index is 1.97. The molecule has 1 fully saturated rings. The lowest BCUT2D eigenvalue weighted by Gasteiger charge is -2.35. The highest BCUT2D eigenvalue weighted by atomic mass is 16.3. The Morgan fingerprint density at radius 3 is 2.71 bits per heavy atom. The molecule has 1 aliphatic heterocycles. The van der Waals surface area contributed by atoms with Crippen molar-refractivity contribution < 1.29 is 5.11 Å². The summed E-state index contributed by atoms with van der Waals surface area (Å²) in [7, 11) is 0. The molecule has 2 N–H and O–H groups in total. The summed E-state index contributed by atoms with van der Waals surface area (Å²) in [6.07, 6.45) is 3.71. The van der Waals surface area contributed by atoms with Crippen LogP contribution in [0.5, 0.6) is 0 Å². The lowest BCUT2D eigenvalue weighted by Crippen LogP contribution is -2.44. The minimum atomic E-state index is -0.779. The molecule has 118 valence electrons. The monoisotopic (exact) mass is 290 g/mol. The van der Waals surface area contributed by atoms with Gasteiger partial charge in [0.1, 0.15) is 0 Å². The first-order valence-corrected chi connectivity index (χ1v) is 8.33. The molecule has 0 radical (unpaired) electrons. The molecular formula is C18H30N2O. The summed E-state index contributed by atoms with van der Waals surface area (Å²) in [6.45, 7) is 9.28. The van der Waals surface area contributed by atoms with Crippen LogP contribution in [0.4, 0.5) is 0 Å². The second-order valence-electron chi connectivity index (χ2n) is 6.59. The number of hydrogen-bond donors (Lipinski definition) is 2. The molecule has 0 aromatic heterocycles. The zero-order chi connectivity index (χ0) is 15.1. The summed E-state index contributed by atoms with van der Waals surface area (Å²) in [5, 5.41) is 14.3. The Morgan fingerprint density at radius 1 is 1.33 bits per heavy atom. The number of benzene rings is 1. The molecule has 1 aromatic rings. The molecule has 0 aliphatic carbocycles. The molecule has 0 amide bonds.